The molecule has 0 atom stereocenters. The lowest BCUT2D eigenvalue weighted by atomic mass is 10.2. The summed E-state index contributed by atoms with van der Waals surface area (Å²) in [7, 11) is 3.97. The van der Waals surface area contributed by atoms with Crippen LogP contribution < -0.4 is 11.1 Å². The molecule has 1 aromatic carbocycles. The Kier molecular flexibility index (Phi) is 6.04. The first kappa shape index (κ1) is 15.2. The maximum atomic E-state index is 10.6. The van der Waals surface area contributed by atoms with E-state index in [1.165, 1.54) is 6.07 Å². The molecule has 0 radical (unpaired) electrons. The Bertz CT molecular complexity index is 423. The molecule has 7 heteroatoms. The van der Waals surface area contributed by atoms with Gasteiger partial charge in [-0.2, -0.15) is 0 Å². The zero-order chi connectivity index (χ0) is 14.3. The standard InChI is InChI=1S/C12H20N4O3/c1-15(2)6-8-19-7-5-14-10-3-4-12(16(17)18)11(13)9-10/h3-4,9,14H,5-8,13H2,1-2H3. The molecule has 1 rings (SSSR count). The molecular weight excluding hydrogens is 248 g/mol. The summed E-state index contributed by atoms with van der Waals surface area (Å²) in [5.74, 6) is 0. The van der Waals surface area contributed by atoms with Crippen molar-refractivity contribution >= 4 is 17.1 Å². The Morgan fingerprint density at radius 3 is 2.74 bits per heavy atom. The van der Waals surface area contributed by atoms with Gasteiger partial charge in [0.25, 0.3) is 5.69 Å². The zero-order valence-corrected chi connectivity index (χ0v) is 11.3. The number of rotatable bonds is 8. The monoisotopic (exact) mass is 268 g/mol. The smallest absolute Gasteiger partial charge is 0.292 e. The van der Waals surface area contributed by atoms with Gasteiger partial charge in [0.05, 0.1) is 18.1 Å². The second kappa shape index (κ2) is 7.55. The molecule has 0 aromatic heterocycles. The molecule has 0 unspecified atom stereocenters. The van der Waals surface area contributed by atoms with E-state index in [0.29, 0.717) is 19.8 Å². The SMILES string of the molecule is CN(C)CCOCCNc1ccc([N+](=O)[O-])c(N)c1. The van der Waals surface area contributed by atoms with Crippen molar-refractivity contribution in [1.82, 2.24) is 4.90 Å². The van der Waals surface area contributed by atoms with Gasteiger partial charge in [-0.1, -0.05) is 0 Å². The van der Waals surface area contributed by atoms with E-state index >= 15 is 0 Å². The van der Waals surface area contributed by atoms with Gasteiger partial charge in [0.15, 0.2) is 0 Å². The van der Waals surface area contributed by atoms with Gasteiger partial charge in [-0.15, -0.1) is 0 Å². The Balaban J connectivity index is 2.30. The molecule has 0 fully saturated rings. The minimum absolute atomic E-state index is 0.0761. The van der Waals surface area contributed by atoms with Crippen LogP contribution in [0.4, 0.5) is 17.1 Å². The van der Waals surface area contributed by atoms with Gasteiger partial charge in [-0.25, -0.2) is 0 Å². The predicted molar refractivity (Wildman–Crippen MR) is 75.4 cm³/mol. The van der Waals surface area contributed by atoms with Crippen LogP contribution in [0.1, 0.15) is 0 Å². The van der Waals surface area contributed by atoms with Gasteiger partial charge in [0.2, 0.25) is 0 Å². The fourth-order valence-electron chi connectivity index (χ4n) is 1.45. The van der Waals surface area contributed by atoms with E-state index in [1.54, 1.807) is 12.1 Å². The Morgan fingerprint density at radius 1 is 1.42 bits per heavy atom. The number of nitrogens with two attached hydrogens (primary N) is 1. The highest BCUT2D eigenvalue weighted by Crippen LogP contribution is 2.24. The van der Waals surface area contributed by atoms with Crippen molar-refractivity contribution < 1.29 is 9.66 Å². The summed E-state index contributed by atoms with van der Waals surface area (Å²) >= 11 is 0. The van der Waals surface area contributed by atoms with Gasteiger partial charge >= 0.3 is 0 Å². The van der Waals surface area contributed by atoms with Crippen LogP contribution in [0.25, 0.3) is 0 Å². The van der Waals surface area contributed by atoms with Gasteiger partial charge in [0, 0.05) is 24.8 Å². The van der Waals surface area contributed by atoms with Crippen molar-refractivity contribution in [1.29, 1.82) is 0 Å². The summed E-state index contributed by atoms with van der Waals surface area (Å²) in [5.41, 5.74) is 6.42. The number of hydrogen-bond acceptors (Lipinski definition) is 6. The fourth-order valence-corrected chi connectivity index (χ4v) is 1.45. The van der Waals surface area contributed by atoms with Crippen LogP contribution in [-0.4, -0.2) is 50.2 Å². The molecule has 0 aliphatic heterocycles. The summed E-state index contributed by atoms with van der Waals surface area (Å²) in [5, 5.41) is 13.7. The first-order chi connectivity index (χ1) is 9.00. The molecule has 19 heavy (non-hydrogen) atoms. The second-order valence-electron chi connectivity index (χ2n) is 4.37. The quantitative estimate of drug-likeness (QED) is 0.318. The van der Waals surface area contributed by atoms with Crippen LogP contribution in [-0.2, 0) is 4.74 Å². The lowest BCUT2D eigenvalue weighted by molar-refractivity contribution is -0.383. The number of nitrogens with zero attached hydrogens (tertiary/aromatic N) is 2. The average Bonchev–Trinajstić information content (AvgIpc) is 2.32. The molecular formula is C12H20N4O3. The van der Waals surface area contributed by atoms with Gasteiger partial charge < -0.3 is 20.7 Å². The van der Waals surface area contributed by atoms with E-state index in [4.69, 9.17) is 10.5 Å². The molecule has 0 saturated carbocycles. The summed E-state index contributed by atoms with van der Waals surface area (Å²) < 4.78 is 5.41. The highest BCUT2D eigenvalue weighted by atomic mass is 16.6. The highest BCUT2D eigenvalue weighted by Gasteiger charge is 2.10. The summed E-state index contributed by atoms with van der Waals surface area (Å²) in [6.07, 6.45) is 0. The van der Waals surface area contributed by atoms with Crippen LogP contribution >= 0.6 is 0 Å². The summed E-state index contributed by atoms with van der Waals surface area (Å²) in [6.45, 7) is 2.76. The van der Waals surface area contributed by atoms with Crippen LogP contribution in [0.2, 0.25) is 0 Å². The Labute approximate surface area is 112 Å². The summed E-state index contributed by atoms with van der Waals surface area (Å²) in [6, 6.07) is 4.58. The Morgan fingerprint density at radius 2 is 2.16 bits per heavy atom. The minimum Gasteiger partial charge on any atom is -0.393 e. The number of benzene rings is 1. The van der Waals surface area contributed by atoms with Gasteiger partial charge in [-0.05, 0) is 26.2 Å². The Hall–Kier alpha value is -1.86. The molecule has 7 nitrogen and oxygen atoms in total. The van der Waals surface area contributed by atoms with E-state index in [0.717, 1.165) is 12.2 Å². The van der Waals surface area contributed by atoms with Crippen molar-refractivity contribution in [2.75, 3.05) is 51.4 Å². The molecule has 0 saturated heterocycles. The number of nitro benzene ring substituents is 1. The van der Waals surface area contributed by atoms with Crippen molar-refractivity contribution in [3.8, 4) is 0 Å². The lowest BCUT2D eigenvalue weighted by Crippen LogP contribution is -2.20. The molecule has 0 bridgehead atoms. The van der Waals surface area contributed by atoms with Gasteiger partial charge in [-0.3, -0.25) is 10.1 Å². The fraction of sp³-hybridized carbons (Fsp3) is 0.500. The largest absolute Gasteiger partial charge is 0.393 e. The first-order valence-corrected chi connectivity index (χ1v) is 6.01. The van der Waals surface area contributed by atoms with Crippen LogP contribution in [0.5, 0.6) is 0 Å². The number of likely N-dealkylation sites (N-methyl/N-ethyl adjacent to an activating group) is 1. The third kappa shape index (κ3) is 5.54. The third-order valence-electron chi connectivity index (χ3n) is 2.48. The predicted octanol–water partition coefficient (Wildman–Crippen LogP) is 1.17. The van der Waals surface area contributed by atoms with Crippen molar-refractivity contribution in [2.24, 2.45) is 0 Å². The van der Waals surface area contributed by atoms with E-state index in [-0.39, 0.29) is 11.4 Å². The van der Waals surface area contributed by atoms with E-state index < -0.39 is 4.92 Å². The molecule has 0 heterocycles. The maximum absolute atomic E-state index is 10.6. The molecule has 106 valence electrons. The highest BCUT2D eigenvalue weighted by molar-refractivity contribution is 5.65. The first-order valence-electron chi connectivity index (χ1n) is 6.01. The topological polar surface area (TPSA) is 93.7 Å². The van der Waals surface area contributed by atoms with E-state index in [2.05, 4.69) is 5.32 Å². The van der Waals surface area contributed by atoms with Crippen molar-refractivity contribution in [3.63, 3.8) is 0 Å². The molecule has 1 aromatic rings. The third-order valence-corrected chi connectivity index (χ3v) is 2.48. The normalized spacial score (nSPS) is 10.7. The van der Waals surface area contributed by atoms with Crippen LogP contribution in [0.15, 0.2) is 18.2 Å². The zero-order valence-electron chi connectivity index (χ0n) is 11.3. The van der Waals surface area contributed by atoms with Crippen LogP contribution in [0.3, 0.4) is 0 Å². The minimum atomic E-state index is -0.497. The maximum Gasteiger partial charge on any atom is 0.292 e. The second-order valence-corrected chi connectivity index (χ2v) is 4.37. The van der Waals surface area contributed by atoms with Crippen molar-refractivity contribution in [3.05, 3.63) is 28.3 Å². The number of nitrogen functional groups attached to an aromatic ring is 1. The number of nitrogens with one attached hydrogen (secondary N) is 1. The molecule has 0 aliphatic rings. The van der Waals surface area contributed by atoms with Gasteiger partial charge in [0.1, 0.15) is 5.69 Å². The molecule has 0 aliphatic carbocycles. The number of nitro groups is 1. The molecule has 0 amide bonds. The number of ether oxygens (including phenoxy) is 1. The van der Waals surface area contributed by atoms with Crippen molar-refractivity contribution in [2.45, 2.75) is 0 Å². The molecule has 3 N–H and O–H groups in total. The average molecular weight is 268 g/mol. The number of anilines is 2. The van der Waals surface area contributed by atoms with E-state index in [9.17, 15) is 10.1 Å². The summed E-state index contributed by atoms with van der Waals surface area (Å²) in [4.78, 5) is 12.2. The van der Waals surface area contributed by atoms with E-state index in [1.807, 2.05) is 19.0 Å². The lowest BCUT2D eigenvalue weighted by Gasteiger charge is -2.11. The molecule has 0 spiro atoms. The number of hydrogen-bond donors (Lipinski definition) is 2. The van der Waals surface area contributed by atoms with Crippen LogP contribution in [0, 0.1) is 10.1 Å².